The molecule has 1 aromatic heterocycles. The highest BCUT2D eigenvalue weighted by Crippen LogP contribution is 2.31. The molecule has 0 radical (unpaired) electrons. The Morgan fingerprint density at radius 1 is 1.10 bits per heavy atom. The second-order valence-corrected chi connectivity index (χ2v) is 4.79. The molecule has 0 unspecified atom stereocenters. The lowest BCUT2D eigenvalue weighted by molar-refractivity contribution is 0.415. The number of pyridine rings is 1. The number of methoxy groups -OCH3 is 1. The highest BCUT2D eigenvalue weighted by atomic mass is 16.5. The summed E-state index contributed by atoms with van der Waals surface area (Å²) >= 11 is 0. The first-order valence-corrected chi connectivity index (χ1v) is 6.73. The van der Waals surface area contributed by atoms with Gasteiger partial charge in [0.1, 0.15) is 5.75 Å². The largest absolute Gasteiger partial charge is 0.497 e. The predicted octanol–water partition coefficient (Wildman–Crippen LogP) is 2.66. The van der Waals surface area contributed by atoms with Crippen LogP contribution in [0.5, 0.6) is 5.75 Å². The summed E-state index contributed by atoms with van der Waals surface area (Å²) < 4.78 is 5.28. The van der Waals surface area contributed by atoms with Crippen LogP contribution in [-0.2, 0) is 6.54 Å². The lowest BCUT2D eigenvalue weighted by Crippen LogP contribution is -2.14. The summed E-state index contributed by atoms with van der Waals surface area (Å²) in [5.41, 5.74) is 8.39. The molecule has 0 bridgehead atoms. The van der Waals surface area contributed by atoms with Crippen LogP contribution in [0.2, 0.25) is 0 Å². The van der Waals surface area contributed by atoms with Gasteiger partial charge in [-0.25, -0.2) is 0 Å². The van der Waals surface area contributed by atoms with E-state index < -0.39 is 0 Å². The zero-order valence-electron chi connectivity index (χ0n) is 11.7. The van der Waals surface area contributed by atoms with Gasteiger partial charge in [0.05, 0.1) is 7.11 Å². The van der Waals surface area contributed by atoms with E-state index in [0.717, 1.165) is 22.2 Å². The Morgan fingerprint density at radius 3 is 2.52 bits per heavy atom. The second kappa shape index (κ2) is 5.42. The van der Waals surface area contributed by atoms with E-state index in [9.17, 15) is 4.79 Å². The molecule has 106 valence electrons. The van der Waals surface area contributed by atoms with E-state index >= 15 is 0 Å². The van der Waals surface area contributed by atoms with Gasteiger partial charge < -0.3 is 15.5 Å². The Bertz CT molecular complexity index is 839. The number of H-pyrrole nitrogens is 1. The maximum atomic E-state index is 12.2. The van der Waals surface area contributed by atoms with Crippen LogP contribution in [0.15, 0.2) is 53.3 Å². The van der Waals surface area contributed by atoms with Crippen LogP contribution >= 0.6 is 0 Å². The molecule has 4 nitrogen and oxygen atoms in total. The SMILES string of the molecule is COc1ccc2c(=O)[nH]c(CN)c(-c3ccccc3)c2c1. The van der Waals surface area contributed by atoms with Gasteiger partial charge in [-0.1, -0.05) is 30.3 Å². The van der Waals surface area contributed by atoms with Crippen molar-refractivity contribution in [1.82, 2.24) is 4.98 Å². The molecule has 2 aromatic carbocycles. The van der Waals surface area contributed by atoms with Crippen molar-refractivity contribution in [3.63, 3.8) is 0 Å². The van der Waals surface area contributed by atoms with Gasteiger partial charge in [-0.2, -0.15) is 0 Å². The summed E-state index contributed by atoms with van der Waals surface area (Å²) in [6, 6.07) is 15.3. The number of ether oxygens (including phenoxy) is 1. The highest BCUT2D eigenvalue weighted by Gasteiger charge is 2.13. The van der Waals surface area contributed by atoms with Crippen LogP contribution in [0.4, 0.5) is 0 Å². The smallest absolute Gasteiger partial charge is 0.256 e. The number of aromatic amines is 1. The van der Waals surface area contributed by atoms with Crippen molar-refractivity contribution < 1.29 is 4.74 Å². The fraction of sp³-hybridized carbons (Fsp3) is 0.118. The van der Waals surface area contributed by atoms with Crippen LogP contribution < -0.4 is 16.0 Å². The quantitative estimate of drug-likeness (QED) is 0.775. The van der Waals surface area contributed by atoms with Crippen LogP contribution in [0.3, 0.4) is 0 Å². The molecule has 0 saturated heterocycles. The Kier molecular flexibility index (Phi) is 3.46. The van der Waals surface area contributed by atoms with Crippen LogP contribution in [-0.4, -0.2) is 12.1 Å². The monoisotopic (exact) mass is 280 g/mol. The summed E-state index contributed by atoms with van der Waals surface area (Å²) in [6.07, 6.45) is 0. The van der Waals surface area contributed by atoms with Gasteiger partial charge in [0.2, 0.25) is 0 Å². The number of nitrogens with two attached hydrogens (primary N) is 1. The molecular formula is C17H16N2O2. The van der Waals surface area contributed by atoms with Crippen molar-refractivity contribution >= 4 is 10.8 Å². The van der Waals surface area contributed by atoms with Crippen LogP contribution in [0.1, 0.15) is 5.69 Å². The van der Waals surface area contributed by atoms with E-state index in [1.54, 1.807) is 19.2 Å². The van der Waals surface area contributed by atoms with Crippen molar-refractivity contribution in [3.05, 3.63) is 64.6 Å². The van der Waals surface area contributed by atoms with E-state index in [1.807, 2.05) is 36.4 Å². The number of rotatable bonds is 3. The summed E-state index contributed by atoms with van der Waals surface area (Å²) in [5.74, 6) is 0.716. The number of hydrogen-bond acceptors (Lipinski definition) is 3. The average molecular weight is 280 g/mol. The lowest BCUT2D eigenvalue weighted by atomic mass is 9.97. The number of nitrogens with one attached hydrogen (secondary N) is 1. The molecule has 0 aliphatic heterocycles. The maximum absolute atomic E-state index is 12.2. The average Bonchev–Trinajstić information content (AvgIpc) is 2.54. The number of hydrogen-bond donors (Lipinski definition) is 2. The Morgan fingerprint density at radius 2 is 1.86 bits per heavy atom. The molecule has 0 saturated carbocycles. The van der Waals surface area contributed by atoms with Crippen molar-refractivity contribution in [2.75, 3.05) is 7.11 Å². The third-order valence-electron chi connectivity index (χ3n) is 3.57. The molecule has 3 rings (SSSR count). The molecule has 3 N–H and O–H groups in total. The summed E-state index contributed by atoms with van der Waals surface area (Å²) in [5, 5.41) is 1.48. The van der Waals surface area contributed by atoms with E-state index in [0.29, 0.717) is 11.1 Å². The van der Waals surface area contributed by atoms with Gasteiger partial charge in [-0.15, -0.1) is 0 Å². The van der Waals surface area contributed by atoms with E-state index in [2.05, 4.69) is 4.98 Å². The van der Waals surface area contributed by atoms with E-state index in [1.165, 1.54) is 0 Å². The van der Waals surface area contributed by atoms with Crippen LogP contribution in [0.25, 0.3) is 21.9 Å². The molecule has 0 aliphatic rings. The topological polar surface area (TPSA) is 68.1 Å². The zero-order valence-corrected chi connectivity index (χ0v) is 11.7. The first-order chi connectivity index (χ1) is 10.2. The molecule has 0 aliphatic carbocycles. The minimum atomic E-state index is -0.132. The van der Waals surface area contributed by atoms with Crippen LogP contribution in [0, 0.1) is 0 Å². The third-order valence-corrected chi connectivity index (χ3v) is 3.57. The Balaban J connectivity index is 2.44. The van der Waals surface area contributed by atoms with Crippen molar-refractivity contribution in [2.45, 2.75) is 6.54 Å². The minimum absolute atomic E-state index is 0.132. The van der Waals surface area contributed by atoms with Gasteiger partial charge >= 0.3 is 0 Å². The fourth-order valence-electron chi connectivity index (χ4n) is 2.57. The lowest BCUT2D eigenvalue weighted by Gasteiger charge is -2.13. The van der Waals surface area contributed by atoms with E-state index in [4.69, 9.17) is 10.5 Å². The minimum Gasteiger partial charge on any atom is -0.497 e. The number of fused-ring (bicyclic) bond motifs is 1. The summed E-state index contributed by atoms with van der Waals surface area (Å²) in [7, 11) is 1.61. The third kappa shape index (κ3) is 2.30. The molecule has 1 heterocycles. The summed E-state index contributed by atoms with van der Waals surface area (Å²) in [6.45, 7) is 0.270. The highest BCUT2D eigenvalue weighted by molar-refractivity contribution is 5.97. The fourth-order valence-corrected chi connectivity index (χ4v) is 2.57. The maximum Gasteiger partial charge on any atom is 0.256 e. The molecule has 4 heteroatoms. The molecule has 0 fully saturated rings. The summed E-state index contributed by atoms with van der Waals surface area (Å²) in [4.78, 5) is 15.1. The van der Waals surface area contributed by atoms with E-state index in [-0.39, 0.29) is 12.1 Å². The van der Waals surface area contributed by atoms with Crippen molar-refractivity contribution in [2.24, 2.45) is 5.73 Å². The first kappa shape index (κ1) is 13.4. The molecule has 0 spiro atoms. The van der Waals surface area contributed by atoms with Gasteiger partial charge in [-0.05, 0) is 23.8 Å². The molecular weight excluding hydrogens is 264 g/mol. The Labute approximate surface area is 122 Å². The number of benzene rings is 2. The van der Waals surface area contributed by atoms with Gasteiger partial charge in [0, 0.05) is 28.6 Å². The predicted molar refractivity (Wildman–Crippen MR) is 84.4 cm³/mol. The van der Waals surface area contributed by atoms with Gasteiger partial charge in [0.15, 0.2) is 0 Å². The molecule has 21 heavy (non-hydrogen) atoms. The first-order valence-electron chi connectivity index (χ1n) is 6.73. The van der Waals surface area contributed by atoms with Crippen molar-refractivity contribution in [1.29, 1.82) is 0 Å². The van der Waals surface area contributed by atoms with Gasteiger partial charge in [0.25, 0.3) is 5.56 Å². The molecule has 0 atom stereocenters. The second-order valence-electron chi connectivity index (χ2n) is 4.79. The van der Waals surface area contributed by atoms with Gasteiger partial charge in [-0.3, -0.25) is 4.79 Å². The molecule has 0 amide bonds. The Hall–Kier alpha value is -2.59. The standard InChI is InChI=1S/C17H16N2O2/c1-21-12-7-8-13-14(9-12)16(11-5-3-2-4-6-11)15(10-18)19-17(13)20/h2-9H,10,18H2,1H3,(H,19,20). The number of aromatic nitrogens is 1. The normalized spacial score (nSPS) is 10.8. The zero-order chi connectivity index (χ0) is 14.8. The van der Waals surface area contributed by atoms with Crippen molar-refractivity contribution in [3.8, 4) is 16.9 Å². The molecule has 3 aromatic rings.